The second-order valence-electron chi connectivity index (χ2n) is 4.53. The van der Waals surface area contributed by atoms with Crippen LogP contribution in [0.3, 0.4) is 0 Å². The van der Waals surface area contributed by atoms with Crippen LogP contribution >= 0.6 is 11.6 Å². The summed E-state index contributed by atoms with van der Waals surface area (Å²) in [4.78, 5) is 0. The molecule has 0 bridgehead atoms. The van der Waals surface area contributed by atoms with Crippen LogP contribution in [0.1, 0.15) is 12.8 Å². The van der Waals surface area contributed by atoms with Crippen LogP contribution in [0.4, 0.5) is 5.69 Å². The maximum Gasteiger partial charge on any atom is 0.234 e. The predicted molar refractivity (Wildman–Crippen MR) is 76.4 cm³/mol. The highest BCUT2D eigenvalue weighted by atomic mass is 35.5. The van der Waals surface area contributed by atoms with Crippen molar-refractivity contribution in [3.05, 3.63) is 23.2 Å². The van der Waals surface area contributed by atoms with E-state index < -0.39 is 10.0 Å². The molecule has 1 aromatic carbocycles. The van der Waals surface area contributed by atoms with Crippen LogP contribution in [0.2, 0.25) is 5.02 Å². The van der Waals surface area contributed by atoms with Crippen molar-refractivity contribution in [2.24, 2.45) is 0 Å². The molecule has 1 aliphatic heterocycles. The summed E-state index contributed by atoms with van der Waals surface area (Å²) in [6.07, 6.45) is 1.92. The lowest BCUT2D eigenvalue weighted by atomic mass is 10.3. The minimum atomic E-state index is -3.37. The summed E-state index contributed by atoms with van der Waals surface area (Å²) in [6.45, 7) is 0.884. The number of hydrogen-bond donors (Lipinski definition) is 2. The van der Waals surface area contributed by atoms with Gasteiger partial charge < -0.3 is 10.1 Å². The van der Waals surface area contributed by atoms with E-state index in [1.54, 1.807) is 18.2 Å². The van der Waals surface area contributed by atoms with E-state index in [0.29, 0.717) is 16.5 Å². The van der Waals surface area contributed by atoms with Crippen LogP contribution in [-0.2, 0) is 10.0 Å². The first-order valence-electron chi connectivity index (χ1n) is 6.07. The Morgan fingerprint density at radius 2 is 2.32 bits per heavy atom. The number of halogens is 1. The Balaban J connectivity index is 2.06. The van der Waals surface area contributed by atoms with Crippen LogP contribution < -0.4 is 14.8 Å². The molecule has 106 valence electrons. The van der Waals surface area contributed by atoms with Gasteiger partial charge >= 0.3 is 0 Å². The lowest BCUT2D eigenvalue weighted by Gasteiger charge is -2.13. The number of ether oxygens (including phenoxy) is 1. The maximum absolute atomic E-state index is 12.0. The normalized spacial score (nSPS) is 19.4. The largest absolute Gasteiger partial charge is 0.495 e. The van der Waals surface area contributed by atoms with Crippen LogP contribution in [0.15, 0.2) is 18.2 Å². The smallest absolute Gasteiger partial charge is 0.234 e. The number of rotatable bonds is 5. The molecule has 1 atom stereocenters. The average Bonchev–Trinajstić information content (AvgIpc) is 2.83. The molecule has 7 heteroatoms. The Bertz CT molecular complexity index is 542. The van der Waals surface area contributed by atoms with Crippen molar-refractivity contribution in [2.75, 3.05) is 24.1 Å². The van der Waals surface area contributed by atoms with E-state index in [1.165, 1.54) is 7.11 Å². The van der Waals surface area contributed by atoms with Gasteiger partial charge in [0, 0.05) is 12.1 Å². The summed E-state index contributed by atoms with van der Waals surface area (Å²) in [5.74, 6) is 0.527. The van der Waals surface area contributed by atoms with Crippen molar-refractivity contribution in [3.8, 4) is 5.75 Å². The topological polar surface area (TPSA) is 67.4 Å². The molecule has 1 saturated heterocycles. The van der Waals surface area contributed by atoms with E-state index >= 15 is 0 Å². The second-order valence-corrected chi connectivity index (χ2v) is 6.70. The van der Waals surface area contributed by atoms with Crippen molar-refractivity contribution in [2.45, 2.75) is 18.9 Å². The quantitative estimate of drug-likeness (QED) is 0.871. The minimum absolute atomic E-state index is 0.0340. The Kier molecular flexibility index (Phi) is 4.54. The van der Waals surface area contributed by atoms with Crippen molar-refractivity contribution in [1.29, 1.82) is 0 Å². The molecule has 0 radical (unpaired) electrons. The number of sulfonamides is 1. The van der Waals surface area contributed by atoms with E-state index in [9.17, 15) is 8.42 Å². The highest BCUT2D eigenvalue weighted by Crippen LogP contribution is 2.27. The number of anilines is 1. The summed E-state index contributed by atoms with van der Waals surface area (Å²) in [7, 11) is -1.88. The Hall–Kier alpha value is -0.980. The fraction of sp³-hybridized carbons (Fsp3) is 0.500. The zero-order valence-corrected chi connectivity index (χ0v) is 12.2. The van der Waals surface area contributed by atoms with E-state index in [-0.39, 0.29) is 11.8 Å². The van der Waals surface area contributed by atoms with Crippen molar-refractivity contribution < 1.29 is 13.2 Å². The molecule has 2 N–H and O–H groups in total. The maximum atomic E-state index is 12.0. The van der Waals surface area contributed by atoms with Gasteiger partial charge in [0.25, 0.3) is 0 Å². The lowest BCUT2D eigenvalue weighted by molar-refractivity contribution is 0.415. The number of hydrogen-bond acceptors (Lipinski definition) is 4. The molecule has 1 aromatic rings. The molecular formula is C12H17ClN2O3S. The number of methoxy groups -OCH3 is 1. The first kappa shape index (κ1) is 14.4. The van der Waals surface area contributed by atoms with Crippen LogP contribution in [-0.4, -0.2) is 33.9 Å². The third-order valence-corrected chi connectivity index (χ3v) is 4.71. The highest BCUT2D eigenvalue weighted by Gasteiger charge is 2.22. The third-order valence-electron chi connectivity index (χ3n) is 3.01. The molecular weight excluding hydrogens is 288 g/mol. The molecule has 2 rings (SSSR count). The summed E-state index contributed by atoms with van der Waals surface area (Å²) >= 11 is 5.89. The van der Waals surface area contributed by atoms with E-state index in [1.807, 2.05) is 0 Å². The van der Waals surface area contributed by atoms with Gasteiger partial charge in [-0.3, -0.25) is 4.72 Å². The average molecular weight is 305 g/mol. The van der Waals surface area contributed by atoms with Gasteiger partial charge in [0.15, 0.2) is 0 Å². The summed E-state index contributed by atoms with van der Waals surface area (Å²) in [5.41, 5.74) is 0.458. The molecule has 19 heavy (non-hydrogen) atoms. The van der Waals surface area contributed by atoms with E-state index in [4.69, 9.17) is 16.3 Å². The molecule has 0 aliphatic carbocycles. The SMILES string of the molecule is COc1cc(NS(=O)(=O)CC2CCCN2)ccc1Cl. The zero-order chi connectivity index (χ0) is 13.9. The van der Waals surface area contributed by atoms with Crippen molar-refractivity contribution in [3.63, 3.8) is 0 Å². The van der Waals surface area contributed by atoms with Gasteiger partial charge in [-0.25, -0.2) is 8.42 Å². The number of nitrogens with one attached hydrogen (secondary N) is 2. The standard InChI is InChI=1S/C12H17ClN2O3S/c1-18-12-7-9(4-5-11(12)13)15-19(16,17)8-10-3-2-6-14-10/h4-5,7,10,14-15H,2-3,6,8H2,1H3. The lowest BCUT2D eigenvalue weighted by Crippen LogP contribution is -2.32. The van der Waals surface area contributed by atoms with E-state index in [0.717, 1.165) is 19.4 Å². The monoisotopic (exact) mass is 304 g/mol. The molecule has 0 spiro atoms. The molecule has 5 nitrogen and oxygen atoms in total. The van der Waals surface area contributed by atoms with Gasteiger partial charge in [0.1, 0.15) is 5.75 Å². The van der Waals surface area contributed by atoms with Gasteiger partial charge in [-0.15, -0.1) is 0 Å². The zero-order valence-electron chi connectivity index (χ0n) is 10.6. The first-order chi connectivity index (χ1) is 9.00. The van der Waals surface area contributed by atoms with Gasteiger partial charge in [0.2, 0.25) is 10.0 Å². The molecule has 1 unspecified atom stereocenters. The molecule has 0 aromatic heterocycles. The van der Waals surface area contributed by atoms with Crippen LogP contribution in [0.5, 0.6) is 5.75 Å². The Morgan fingerprint density at radius 3 is 2.95 bits per heavy atom. The molecule has 1 fully saturated rings. The van der Waals surface area contributed by atoms with E-state index in [2.05, 4.69) is 10.0 Å². The second kappa shape index (κ2) is 5.98. The molecule has 1 aliphatic rings. The fourth-order valence-corrected chi connectivity index (χ4v) is 3.69. The first-order valence-corrected chi connectivity index (χ1v) is 8.10. The molecule has 1 heterocycles. The molecule has 0 saturated carbocycles. The Labute approximate surface area is 118 Å². The summed E-state index contributed by atoms with van der Waals surface area (Å²) in [5, 5.41) is 3.61. The Morgan fingerprint density at radius 1 is 1.53 bits per heavy atom. The van der Waals surface area contributed by atoms with Gasteiger partial charge in [-0.2, -0.15) is 0 Å². The fourth-order valence-electron chi connectivity index (χ4n) is 2.11. The van der Waals surface area contributed by atoms with Crippen LogP contribution in [0.25, 0.3) is 0 Å². The van der Waals surface area contributed by atoms with Crippen molar-refractivity contribution >= 4 is 27.3 Å². The van der Waals surface area contributed by atoms with Gasteiger partial charge in [-0.1, -0.05) is 11.6 Å². The molecule has 0 amide bonds. The summed E-state index contributed by atoms with van der Waals surface area (Å²) < 4.78 is 31.6. The third kappa shape index (κ3) is 3.99. The predicted octanol–water partition coefficient (Wildman–Crippen LogP) is 1.84. The van der Waals surface area contributed by atoms with Crippen LogP contribution in [0, 0.1) is 0 Å². The highest BCUT2D eigenvalue weighted by molar-refractivity contribution is 7.92. The van der Waals surface area contributed by atoms with Gasteiger partial charge in [-0.05, 0) is 31.5 Å². The van der Waals surface area contributed by atoms with Gasteiger partial charge in [0.05, 0.1) is 23.6 Å². The number of benzene rings is 1. The minimum Gasteiger partial charge on any atom is -0.495 e. The van der Waals surface area contributed by atoms with Crippen molar-refractivity contribution in [1.82, 2.24) is 5.32 Å². The summed E-state index contributed by atoms with van der Waals surface area (Å²) in [6, 6.07) is 4.82.